The molecule has 8 heteroatoms. The van der Waals surface area contributed by atoms with Gasteiger partial charge < -0.3 is 24.7 Å². The highest BCUT2D eigenvalue weighted by Crippen LogP contribution is 2.15. The molecule has 0 atom stereocenters. The summed E-state index contributed by atoms with van der Waals surface area (Å²) in [6.45, 7) is 6.34. The van der Waals surface area contributed by atoms with E-state index in [1.807, 2.05) is 6.07 Å². The number of morpholine rings is 1. The van der Waals surface area contributed by atoms with Gasteiger partial charge in [0.05, 0.1) is 37.2 Å². The van der Waals surface area contributed by atoms with E-state index in [9.17, 15) is 9.59 Å². The van der Waals surface area contributed by atoms with E-state index in [1.54, 1.807) is 32.2 Å². The van der Waals surface area contributed by atoms with Crippen LogP contribution in [0, 0.1) is 13.8 Å². The summed E-state index contributed by atoms with van der Waals surface area (Å²) in [7, 11) is 0. The highest BCUT2D eigenvalue weighted by molar-refractivity contribution is 5.99. The molecule has 2 aromatic rings. The number of anilines is 2. The maximum Gasteiger partial charge on any atom is 0.255 e. The Balaban J connectivity index is 1.50. The van der Waals surface area contributed by atoms with Gasteiger partial charge in [-0.2, -0.15) is 0 Å². The molecule has 1 aliphatic rings. The number of furan rings is 1. The molecule has 3 heterocycles. The molecule has 0 radical (unpaired) electrons. The van der Waals surface area contributed by atoms with Crippen molar-refractivity contribution in [1.82, 2.24) is 10.3 Å². The van der Waals surface area contributed by atoms with E-state index in [0.29, 0.717) is 36.0 Å². The minimum Gasteiger partial charge on any atom is -0.466 e. The first-order valence-electron chi connectivity index (χ1n) is 8.47. The summed E-state index contributed by atoms with van der Waals surface area (Å²) in [5, 5.41) is 5.30. The third-order valence-electron chi connectivity index (χ3n) is 4.06. The van der Waals surface area contributed by atoms with Crippen molar-refractivity contribution in [2.24, 2.45) is 0 Å². The number of carbonyl (C=O) groups is 2. The molecule has 0 spiro atoms. The molecular weight excluding hydrogens is 336 g/mol. The molecule has 0 unspecified atom stereocenters. The van der Waals surface area contributed by atoms with E-state index >= 15 is 0 Å². The van der Waals surface area contributed by atoms with Gasteiger partial charge in [-0.25, -0.2) is 4.98 Å². The lowest BCUT2D eigenvalue weighted by Crippen LogP contribution is -2.36. The van der Waals surface area contributed by atoms with Crippen LogP contribution in [0.15, 0.2) is 28.8 Å². The molecule has 0 bridgehead atoms. The van der Waals surface area contributed by atoms with Crippen LogP contribution >= 0.6 is 0 Å². The van der Waals surface area contributed by atoms with Crippen molar-refractivity contribution in [3.8, 4) is 0 Å². The second kappa shape index (κ2) is 8.01. The number of hydrogen-bond acceptors (Lipinski definition) is 6. The molecule has 1 fully saturated rings. The second-order valence-electron chi connectivity index (χ2n) is 6.06. The molecule has 1 saturated heterocycles. The van der Waals surface area contributed by atoms with E-state index in [2.05, 4.69) is 20.5 Å². The first-order valence-corrected chi connectivity index (χ1v) is 8.47. The van der Waals surface area contributed by atoms with Crippen LogP contribution in [0.2, 0.25) is 0 Å². The lowest BCUT2D eigenvalue weighted by atomic mass is 10.2. The summed E-state index contributed by atoms with van der Waals surface area (Å²) < 4.78 is 10.6. The van der Waals surface area contributed by atoms with Crippen molar-refractivity contribution < 1.29 is 18.7 Å². The Morgan fingerprint density at radius 2 is 2.00 bits per heavy atom. The fourth-order valence-corrected chi connectivity index (χ4v) is 2.76. The normalized spacial score (nSPS) is 14.2. The Morgan fingerprint density at radius 1 is 1.23 bits per heavy atom. The highest BCUT2D eigenvalue weighted by atomic mass is 16.5. The minimum absolute atomic E-state index is 0.131. The topological polar surface area (TPSA) is 96.7 Å². The van der Waals surface area contributed by atoms with Crippen LogP contribution in [0.3, 0.4) is 0 Å². The zero-order valence-electron chi connectivity index (χ0n) is 14.9. The van der Waals surface area contributed by atoms with Gasteiger partial charge in [-0.15, -0.1) is 0 Å². The lowest BCUT2D eigenvalue weighted by molar-refractivity contribution is -0.115. The van der Waals surface area contributed by atoms with E-state index in [0.717, 1.165) is 18.9 Å². The average Bonchev–Trinajstić information content (AvgIpc) is 2.99. The minimum atomic E-state index is -0.338. The number of rotatable bonds is 5. The molecule has 3 rings (SSSR count). The van der Waals surface area contributed by atoms with Gasteiger partial charge in [-0.3, -0.25) is 9.59 Å². The Kier molecular flexibility index (Phi) is 5.52. The number of aryl methyl sites for hydroxylation is 2. The van der Waals surface area contributed by atoms with Crippen molar-refractivity contribution in [1.29, 1.82) is 0 Å². The van der Waals surface area contributed by atoms with Gasteiger partial charge in [0.15, 0.2) is 0 Å². The van der Waals surface area contributed by atoms with Crippen LogP contribution in [0.5, 0.6) is 0 Å². The highest BCUT2D eigenvalue weighted by Gasteiger charge is 2.15. The Bertz CT molecular complexity index is 779. The van der Waals surface area contributed by atoms with Gasteiger partial charge in [0.25, 0.3) is 5.91 Å². The number of hydrogen-bond donors (Lipinski definition) is 2. The molecule has 138 valence electrons. The van der Waals surface area contributed by atoms with Crippen LogP contribution < -0.4 is 15.5 Å². The standard InChI is InChI=1S/C18H22N4O4/c1-12-9-15(13(2)26-12)18(24)20-11-17(23)21-14-3-4-16(19-10-14)22-5-7-25-8-6-22/h3-4,9-10H,5-8,11H2,1-2H3,(H,20,24)(H,21,23). The van der Waals surface area contributed by atoms with E-state index in [4.69, 9.17) is 9.15 Å². The number of pyridine rings is 1. The first kappa shape index (κ1) is 17.9. The summed E-state index contributed by atoms with van der Waals surface area (Å²) in [6, 6.07) is 5.30. The van der Waals surface area contributed by atoms with Crippen LogP contribution in [-0.4, -0.2) is 49.6 Å². The molecule has 8 nitrogen and oxygen atoms in total. The van der Waals surface area contributed by atoms with Crippen LogP contribution in [0.25, 0.3) is 0 Å². The van der Waals surface area contributed by atoms with Crippen LogP contribution in [-0.2, 0) is 9.53 Å². The molecular formula is C18H22N4O4. The molecule has 2 aromatic heterocycles. The third-order valence-corrected chi connectivity index (χ3v) is 4.06. The number of nitrogens with one attached hydrogen (secondary N) is 2. The fraction of sp³-hybridized carbons (Fsp3) is 0.389. The molecule has 2 amide bonds. The molecule has 2 N–H and O–H groups in total. The monoisotopic (exact) mass is 358 g/mol. The molecule has 0 aromatic carbocycles. The quantitative estimate of drug-likeness (QED) is 0.841. The molecule has 0 saturated carbocycles. The predicted octanol–water partition coefficient (Wildman–Crippen LogP) is 1.50. The zero-order chi connectivity index (χ0) is 18.5. The first-order chi connectivity index (χ1) is 12.5. The third kappa shape index (κ3) is 4.40. The number of nitrogens with zero attached hydrogens (tertiary/aromatic N) is 2. The van der Waals surface area contributed by atoms with Crippen molar-refractivity contribution >= 4 is 23.3 Å². The summed E-state index contributed by atoms with van der Waals surface area (Å²) in [5.74, 6) is 1.38. The summed E-state index contributed by atoms with van der Waals surface area (Å²) >= 11 is 0. The molecule has 26 heavy (non-hydrogen) atoms. The smallest absolute Gasteiger partial charge is 0.255 e. The van der Waals surface area contributed by atoms with E-state index in [-0.39, 0.29) is 18.4 Å². The number of aromatic nitrogens is 1. The van der Waals surface area contributed by atoms with Crippen molar-refractivity contribution in [2.75, 3.05) is 43.1 Å². The lowest BCUT2D eigenvalue weighted by Gasteiger charge is -2.27. The average molecular weight is 358 g/mol. The Labute approximate surface area is 151 Å². The Morgan fingerprint density at radius 3 is 2.62 bits per heavy atom. The van der Waals surface area contributed by atoms with E-state index < -0.39 is 0 Å². The van der Waals surface area contributed by atoms with Gasteiger partial charge in [0.2, 0.25) is 5.91 Å². The van der Waals surface area contributed by atoms with Crippen LogP contribution in [0.1, 0.15) is 21.9 Å². The van der Waals surface area contributed by atoms with Gasteiger partial charge in [0.1, 0.15) is 17.3 Å². The van der Waals surface area contributed by atoms with Gasteiger partial charge >= 0.3 is 0 Å². The number of amides is 2. The number of carbonyl (C=O) groups excluding carboxylic acids is 2. The second-order valence-corrected chi connectivity index (χ2v) is 6.06. The van der Waals surface area contributed by atoms with Gasteiger partial charge in [0, 0.05) is 13.1 Å². The summed E-state index contributed by atoms with van der Waals surface area (Å²) in [5.41, 5.74) is 1.02. The van der Waals surface area contributed by atoms with Crippen LogP contribution in [0.4, 0.5) is 11.5 Å². The molecule has 0 aliphatic carbocycles. The fourth-order valence-electron chi connectivity index (χ4n) is 2.76. The Hall–Kier alpha value is -2.87. The van der Waals surface area contributed by atoms with E-state index in [1.165, 1.54) is 0 Å². The van der Waals surface area contributed by atoms with Crippen molar-refractivity contribution in [2.45, 2.75) is 13.8 Å². The number of ether oxygens (including phenoxy) is 1. The maximum absolute atomic E-state index is 12.1. The van der Waals surface area contributed by atoms with Crippen molar-refractivity contribution in [3.05, 3.63) is 41.5 Å². The maximum atomic E-state index is 12.1. The van der Waals surface area contributed by atoms with Gasteiger partial charge in [-0.1, -0.05) is 0 Å². The largest absolute Gasteiger partial charge is 0.466 e. The predicted molar refractivity (Wildman–Crippen MR) is 96.4 cm³/mol. The summed E-state index contributed by atoms with van der Waals surface area (Å²) in [6.07, 6.45) is 1.61. The zero-order valence-corrected chi connectivity index (χ0v) is 14.9. The van der Waals surface area contributed by atoms with Gasteiger partial charge in [-0.05, 0) is 32.0 Å². The SMILES string of the molecule is Cc1cc(C(=O)NCC(=O)Nc2ccc(N3CCOCC3)nc2)c(C)o1. The summed E-state index contributed by atoms with van der Waals surface area (Å²) in [4.78, 5) is 30.6. The molecule has 1 aliphatic heterocycles. The van der Waals surface area contributed by atoms with Crippen molar-refractivity contribution in [3.63, 3.8) is 0 Å².